The number of hydrogen-bond acceptors (Lipinski definition) is 4. The van der Waals surface area contributed by atoms with Crippen LogP contribution in [0.1, 0.15) is 23.2 Å². The van der Waals surface area contributed by atoms with Gasteiger partial charge >= 0.3 is 0 Å². The average molecular weight is 428 g/mol. The van der Waals surface area contributed by atoms with Crippen molar-refractivity contribution in [3.63, 3.8) is 0 Å². The lowest BCUT2D eigenvalue weighted by molar-refractivity contribution is 0.0875. The molecule has 1 saturated heterocycles. The number of piperidine rings is 1. The van der Waals surface area contributed by atoms with Gasteiger partial charge in [-0.1, -0.05) is 23.2 Å². The zero-order chi connectivity index (χ0) is 19.6. The fourth-order valence-corrected chi connectivity index (χ4v) is 5.37. The van der Waals surface area contributed by atoms with E-state index in [4.69, 9.17) is 27.9 Å². The fourth-order valence-electron chi connectivity index (χ4n) is 3.18. The smallest absolute Gasteiger partial charge is 0.243 e. The van der Waals surface area contributed by atoms with Crippen LogP contribution in [0.15, 0.2) is 47.4 Å². The van der Waals surface area contributed by atoms with E-state index >= 15 is 0 Å². The van der Waals surface area contributed by atoms with Crippen molar-refractivity contribution >= 4 is 39.0 Å². The minimum atomic E-state index is -3.69. The first kappa shape index (κ1) is 20.1. The van der Waals surface area contributed by atoms with Gasteiger partial charge in [-0.05, 0) is 55.3 Å². The van der Waals surface area contributed by atoms with Crippen LogP contribution in [0.25, 0.3) is 0 Å². The lowest BCUT2D eigenvalue weighted by Crippen LogP contribution is -2.40. The first-order valence-corrected chi connectivity index (χ1v) is 10.7. The number of benzene rings is 2. The number of halogens is 2. The Labute approximate surface area is 168 Å². The van der Waals surface area contributed by atoms with Gasteiger partial charge in [0.15, 0.2) is 5.78 Å². The first-order chi connectivity index (χ1) is 12.8. The Morgan fingerprint density at radius 3 is 2.11 bits per heavy atom. The summed E-state index contributed by atoms with van der Waals surface area (Å²) in [4.78, 5) is 12.7. The lowest BCUT2D eigenvalue weighted by Gasteiger charge is -2.30. The number of rotatable bonds is 5. The number of nitrogens with zero attached hydrogens (tertiary/aromatic N) is 1. The predicted molar refractivity (Wildman–Crippen MR) is 105 cm³/mol. The van der Waals surface area contributed by atoms with Gasteiger partial charge in [-0.15, -0.1) is 0 Å². The minimum Gasteiger partial charge on any atom is -0.497 e. The van der Waals surface area contributed by atoms with E-state index in [0.29, 0.717) is 24.2 Å². The molecule has 1 aliphatic heterocycles. The highest BCUT2D eigenvalue weighted by molar-refractivity contribution is 7.89. The first-order valence-electron chi connectivity index (χ1n) is 8.46. The SMILES string of the molecule is COc1ccc(C(=O)C2CCN(S(=O)(=O)c3cc(Cl)cc(Cl)c3)CC2)cc1. The predicted octanol–water partition coefficient (Wildman–Crippen LogP) is 4.29. The monoisotopic (exact) mass is 427 g/mol. The van der Waals surface area contributed by atoms with Crippen molar-refractivity contribution < 1.29 is 17.9 Å². The number of ether oxygens (including phenoxy) is 1. The van der Waals surface area contributed by atoms with E-state index in [-0.39, 0.29) is 39.7 Å². The highest BCUT2D eigenvalue weighted by Crippen LogP contribution is 2.29. The maximum Gasteiger partial charge on any atom is 0.243 e. The third-order valence-corrected chi connectivity index (χ3v) is 6.99. The number of sulfonamides is 1. The molecule has 0 aromatic heterocycles. The molecular formula is C19H19Cl2NO4S. The van der Waals surface area contributed by atoms with Crippen molar-refractivity contribution in [2.24, 2.45) is 5.92 Å². The normalized spacial score (nSPS) is 16.3. The van der Waals surface area contributed by atoms with Gasteiger partial charge in [0.1, 0.15) is 5.75 Å². The Morgan fingerprint density at radius 1 is 1.04 bits per heavy atom. The van der Waals surface area contributed by atoms with Crippen molar-refractivity contribution in [1.82, 2.24) is 4.31 Å². The summed E-state index contributed by atoms with van der Waals surface area (Å²) in [6.45, 7) is 0.554. The van der Waals surface area contributed by atoms with Crippen LogP contribution in [0, 0.1) is 5.92 Å². The van der Waals surface area contributed by atoms with Gasteiger partial charge in [0.2, 0.25) is 10.0 Å². The Balaban J connectivity index is 1.69. The molecule has 144 valence electrons. The fraction of sp³-hybridized carbons (Fsp3) is 0.316. The number of hydrogen-bond donors (Lipinski definition) is 0. The van der Waals surface area contributed by atoms with Gasteiger partial charge in [-0.3, -0.25) is 4.79 Å². The second-order valence-electron chi connectivity index (χ2n) is 6.38. The van der Waals surface area contributed by atoms with Gasteiger partial charge < -0.3 is 4.74 Å². The van der Waals surface area contributed by atoms with Crippen LogP contribution in [0.2, 0.25) is 10.0 Å². The molecule has 0 N–H and O–H groups in total. The molecule has 1 aliphatic rings. The molecule has 2 aromatic carbocycles. The molecule has 0 saturated carbocycles. The summed E-state index contributed by atoms with van der Waals surface area (Å²) in [5.74, 6) is 0.515. The Bertz CT molecular complexity index is 916. The molecule has 1 fully saturated rings. The summed E-state index contributed by atoms with van der Waals surface area (Å²) in [5.41, 5.74) is 0.610. The molecule has 5 nitrogen and oxygen atoms in total. The van der Waals surface area contributed by atoms with Gasteiger partial charge in [-0.25, -0.2) is 8.42 Å². The van der Waals surface area contributed by atoms with Gasteiger partial charge in [0.05, 0.1) is 12.0 Å². The van der Waals surface area contributed by atoms with E-state index in [1.807, 2.05) is 0 Å². The summed E-state index contributed by atoms with van der Waals surface area (Å²) in [7, 11) is -2.12. The molecule has 0 unspecified atom stereocenters. The molecule has 3 rings (SSSR count). The number of carbonyl (C=O) groups excluding carboxylic acids is 1. The molecular weight excluding hydrogens is 409 g/mol. The Hall–Kier alpha value is -1.60. The Morgan fingerprint density at radius 2 is 1.59 bits per heavy atom. The molecule has 0 aliphatic carbocycles. The van der Waals surface area contributed by atoms with Gasteiger partial charge in [0, 0.05) is 34.6 Å². The van der Waals surface area contributed by atoms with E-state index in [1.54, 1.807) is 31.4 Å². The van der Waals surface area contributed by atoms with Crippen LogP contribution in [-0.2, 0) is 10.0 Å². The maximum absolute atomic E-state index is 12.8. The highest BCUT2D eigenvalue weighted by atomic mass is 35.5. The lowest BCUT2D eigenvalue weighted by atomic mass is 9.89. The van der Waals surface area contributed by atoms with Crippen molar-refractivity contribution in [3.8, 4) is 5.75 Å². The molecule has 0 atom stereocenters. The largest absolute Gasteiger partial charge is 0.497 e. The molecule has 0 amide bonds. The molecule has 8 heteroatoms. The standard InChI is InChI=1S/C19H19Cl2NO4S/c1-26-17-4-2-13(3-5-17)19(23)14-6-8-22(9-7-14)27(24,25)18-11-15(20)10-16(21)12-18/h2-5,10-12,14H,6-9H2,1H3. The summed E-state index contributed by atoms with van der Waals surface area (Å²) < 4.78 is 32.1. The second-order valence-corrected chi connectivity index (χ2v) is 9.19. The zero-order valence-corrected chi connectivity index (χ0v) is 17.0. The van der Waals surface area contributed by atoms with Crippen LogP contribution in [0.3, 0.4) is 0 Å². The quantitative estimate of drug-likeness (QED) is 0.667. The number of carbonyl (C=O) groups is 1. The van der Waals surface area contributed by atoms with E-state index < -0.39 is 10.0 Å². The average Bonchev–Trinajstić information content (AvgIpc) is 2.67. The van der Waals surface area contributed by atoms with Crippen LogP contribution in [0.5, 0.6) is 5.75 Å². The van der Waals surface area contributed by atoms with E-state index in [9.17, 15) is 13.2 Å². The van der Waals surface area contributed by atoms with Crippen LogP contribution < -0.4 is 4.74 Å². The summed E-state index contributed by atoms with van der Waals surface area (Å²) in [6.07, 6.45) is 0.941. The van der Waals surface area contributed by atoms with E-state index in [2.05, 4.69) is 0 Å². The molecule has 0 spiro atoms. The summed E-state index contributed by atoms with van der Waals surface area (Å²) in [6, 6.07) is 11.2. The molecule has 0 radical (unpaired) electrons. The van der Waals surface area contributed by atoms with Crippen molar-refractivity contribution in [2.45, 2.75) is 17.7 Å². The van der Waals surface area contributed by atoms with Crippen LogP contribution in [-0.4, -0.2) is 38.7 Å². The number of ketones is 1. The minimum absolute atomic E-state index is 0.0282. The second kappa shape index (κ2) is 8.19. The summed E-state index contributed by atoms with van der Waals surface area (Å²) in [5, 5.41) is 0.538. The highest BCUT2D eigenvalue weighted by Gasteiger charge is 2.32. The van der Waals surface area contributed by atoms with E-state index in [0.717, 1.165) is 0 Å². The van der Waals surface area contributed by atoms with Crippen molar-refractivity contribution in [1.29, 1.82) is 0 Å². The van der Waals surface area contributed by atoms with Crippen LogP contribution in [0.4, 0.5) is 0 Å². The zero-order valence-electron chi connectivity index (χ0n) is 14.7. The third kappa shape index (κ3) is 4.46. The Kier molecular flexibility index (Phi) is 6.11. The van der Waals surface area contributed by atoms with E-state index in [1.165, 1.54) is 22.5 Å². The third-order valence-electron chi connectivity index (χ3n) is 4.67. The molecule has 2 aromatic rings. The molecule has 1 heterocycles. The number of methoxy groups -OCH3 is 1. The topological polar surface area (TPSA) is 63.7 Å². The summed E-state index contributed by atoms with van der Waals surface area (Å²) >= 11 is 11.9. The van der Waals surface area contributed by atoms with Crippen molar-refractivity contribution in [3.05, 3.63) is 58.1 Å². The molecule has 27 heavy (non-hydrogen) atoms. The molecule has 0 bridgehead atoms. The van der Waals surface area contributed by atoms with Crippen LogP contribution >= 0.6 is 23.2 Å². The van der Waals surface area contributed by atoms with Gasteiger partial charge in [0.25, 0.3) is 0 Å². The van der Waals surface area contributed by atoms with Crippen molar-refractivity contribution in [2.75, 3.05) is 20.2 Å². The maximum atomic E-state index is 12.8. The van der Waals surface area contributed by atoms with Gasteiger partial charge in [-0.2, -0.15) is 4.31 Å². The number of Topliss-reactive ketones (excluding diaryl/α,β-unsaturated/α-hetero) is 1.